The van der Waals surface area contributed by atoms with E-state index in [0.29, 0.717) is 12.1 Å². The third kappa shape index (κ3) is 8.43. The van der Waals surface area contributed by atoms with Crippen LogP contribution in [-0.4, -0.2) is 47.3 Å². The van der Waals surface area contributed by atoms with Crippen LogP contribution in [0.1, 0.15) is 41.3 Å². The molecule has 2 aromatic rings. The highest BCUT2D eigenvalue weighted by molar-refractivity contribution is 6.37. The second-order valence-corrected chi connectivity index (χ2v) is 8.15. The van der Waals surface area contributed by atoms with Gasteiger partial charge in [-0.3, -0.25) is 9.59 Å². The molecule has 1 amide bonds. The Kier molecular flexibility index (Phi) is 9.84. The number of Topliss-reactive ketones (excluding diaryl/α,β-unsaturated/α-hetero) is 1. The molecule has 0 unspecified atom stereocenters. The van der Waals surface area contributed by atoms with Gasteiger partial charge >= 0.3 is 24.2 Å². The van der Waals surface area contributed by atoms with Crippen LogP contribution in [0.15, 0.2) is 24.3 Å². The van der Waals surface area contributed by atoms with Crippen molar-refractivity contribution in [2.75, 3.05) is 18.5 Å². The average molecular weight is 572 g/mol. The Hall–Kier alpha value is -3.68. The number of carboxylic acid groups (broad SMARTS) is 1. The number of anilines is 1. The van der Waals surface area contributed by atoms with Gasteiger partial charge in [-0.15, -0.1) is 0 Å². The van der Waals surface area contributed by atoms with Gasteiger partial charge in [-0.05, 0) is 31.5 Å². The smallest absolute Gasteiger partial charge is 0.418 e. The monoisotopic (exact) mass is 571 g/mol. The number of phenols is 1. The molecule has 0 heterocycles. The summed E-state index contributed by atoms with van der Waals surface area (Å²) < 4.78 is 88.6. The van der Waals surface area contributed by atoms with E-state index in [-0.39, 0.29) is 42.3 Å². The first-order chi connectivity index (χ1) is 17.5. The summed E-state index contributed by atoms with van der Waals surface area (Å²) >= 11 is 5.83. The predicted molar refractivity (Wildman–Crippen MR) is 121 cm³/mol. The number of carbonyl (C=O) groups excluding carboxylic acids is 2. The van der Waals surface area contributed by atoms with E-state index in [1.54, 1.807) is 5.32 Å². The molecule has 3 N–H and O–H groups in total. The Labute approximate surface area is 216 Å². The van der Waals surface area contributed by atoms with Crippen molar-refractivity contribution in [3.05, 3.63) is 46.0 Å². The molecule has 38 heavy (non-hydrogen) atoms. The summed E-state index contributed by atoms with van der Waals surface area (Å²) in [6.07, 6.45) is -11.4. The molecule has 0 bridgehead atoms. The van der Waals surface area contributed by atoms with Crippen molar-refractivity contribution in [1.29, 1.82) is 0 Å². The summed E-state index contributed by atoms with van der Waals surface area (Å²) in [4.78, 5) is 33.7. The van der Waals surface area contributed by atoms with Crippen LogP contribution in [-0.2, 0) is 22.2 Å². The number of ketones is 1. The van der Waals surface area contributed by atoms with Crippen molar-refractivity contribution in [2.45, 2.75) is 38.5 Å². The number of ether oxygens (including phenoxy) is 2. The molecule has 0 radical (unpaired) electrons. The molecule has 8 nitrogen and oxygen atoms in total. The van der Waals surface area contributed by atoms with Gasteiger partial charge in [0.15, 0.2) is 5.78 Å². The third-order valence-electron chi connectivity index (χ3n) is 4.90. The first kappa shape index (κ1) is 30.5. The topological polar surface area (TPSA) is 122 Å². The second kappa shape index (κ2) is 12.2. The van der Waals surface area contributed by atoms with E-state index in [1.165, 1.54) is 12.1 Å². The van der Waals surface area contributed by atoms with Gasteiger partial charge in [0.2, 0.25) is 0 Å². The van der Waals surface area contributed by atoms with E-state index < -0.39 is 64.9 Å². The zero-order valence-electron chi connectivity index (χ0n) is 19.4. The molecule has 0 fully saturated rings. The van der Waals surface area contributed by atoms with E-state index in [2.05, 4.69) is 0 Å². The molecule has 0 aliphatic heterocycles. The number of hydrogen-bond donors (Lipinski definition) is 3. The third-order valence-corrected chi connectivity index (χ3v) is 5.20. The molecule has 0 saturated carbocycles. The SMILES string of the molecule is CC(=O)c1ccc(OCCCOc2cc(NC(=O)C(=O)O)c(C(F)(F)F)cc2Cl)c(CCC(F)(F)F)c1O. The predicted octanol–water partition coefficient (Wildman–Crippen LogP) is 5.63. The number of nitrogens with one attached hydrogen (secondary N) is 1. The van der Waals surface area contributed by atoms with Crippen molar-refractivity contribution in [3.63, 3.8) is 0 Å². The Bertz CT molecular complexity index is 1210. The van der Waals surface area contributed by atoms with Crippen LogP contribution in [0.5, 0.6) is 17.2 Å². The Balaban J connectivity index is 2.12. The van der Waals surface area contributed by atoms with Crippen molar-refractivity contribution >= 4 is 34.9 Å². The second-order valence-electron chi connectivity index (χ2n) is 7.75. The number of phenolic OH excluding ortho intramolecular Hbond substituents is 1. The lowest BCUT2D eigenvalue weighted by atomic mass is 10.0. The van der Waals surface area contributed by atoms with Crippen LogP contribution in [0.4, 0.5) is 32.0 Å². The van der Waals surface area contributed by atoms with Crippen molar-refractivity contribution in [1.82, 2.24) is 0 Å². The van der Waals surface area contributed by atoms with Gasteiger partial charge in [0.25, 0.3) is 0 Å². The highest BCUT2D eigenvalue weighted by atomic mass is 35.5. The highest BCUT2D eigenvalue weighted by Crippen LogP contribution is 2.41. The van der Waals surface area contributed by atoms with Gasteiger partial charge in [-0.2, -0.15) is 26.3 Å². The van der Waals surface area contributed by atoms with E-state index in [1.807, 2.05) is 0 Å². The summed E-state index contributed by atoms with van der Waals surface area (Å²) in [6.45, 7) is 0.719. The first-order valence-electron chi connectivity index (χ1n) is 10.6. The molecule has 208 valence electrons. The van der Waals surface area contributed by atoms with E-state index in [9.17, 15) is 45.8 Å². The van der Waals surface area contributed by atoms with Crippen molar-refractivity contribution < 1.29 is 60.4 Å². The Morgan fingerprint density at radius 1 is 1.00 bits per heavy atom. The van der Waals surface area contributed by atoms with Crippen LogP contribution in [0.3, 0.4) is 0 Å². The molecule has 15 heteroatoms. The zero-order valence-corrected chi connectivity index (χ0v) is 20.2. The van der Waals surface area contributed by atoms with Crippen LogP contribution in [0.25, 0.3) is 0 Å². The van der Waals surface area contributed by atoms with Gasteiger partial charge in [-0.25, -0.2) is 4.79 Å². The van der Waals surface area contributed by atoms with Gasteiger partial charge in [0.05, 0.1) is 35.1 Å². The normalized spacial score (nSPS) is 11.7. The van der Waals surface area contributed by atoms with E-state index in [4.69, 9.17) is 26.2 Å². The number of halogens is 7. The lowest BCUT2D eigenvalue weighted by molar-refractivity contribution is -0.147. The number of alkyl halides is 6. The summed E-state index contributed by atoms with van der Waals surface area (Å²) in [6, 6.07) is 3.56. The molecular weight excluding hydrogens is 552 g/mol. The fourth-order valence-corrected chi connectivity index (χ4v) is 3.36. The molecule has 0 atom stereocenters. The summed E-state index contributed by atoms with van der Waals surface area (Å²) in [5.41, 5.74) is -2.72. The van der Waals surface area contributed by atoms with Crippen LogP contribution in [0.2, 0.25) is 5.02 Å². The lowest BCUT2D eigenvalue weighted by Crippen LogP contribution is -2.24. The summed E-state index contributed by atoms with van der Waals surface area (Å²) in [7, 11) is 0. The standard InChI is InChI=1S/C23H20ClF6NO7/c1-11(32)12-3-4-17(13(19(12)33)5-6-22(25,26)27)37-7-2-8-38-18-10-16(31-20(34)21(35)36)14(9-15(18)24)23(28,29)30/h3-4,9-10,33H,2,5-8H2,1H3,(H,31,34)(H,35,36). The van der Waals surface area contributed by atoms with Crippen LogP contribution < -0.4 is 14.8 Å². The quantitative estimate of drug-likeness (QED) is 0.146. The van der Waals surface area contributed by atoms with Crippen molar-refractivity contribution in [3.8, 4) is 17.2 Å². The number of amides is 1. The van der Waals surface area contributed by atoms with Gasteiger partial charge in [-0.1, -0.05) is 11.6 Å². The average Bonchev–Trinajstić information content (AvgIpc) is 2.78. The Morgan fingerprint density at radius 3 is 2.13 bits per heavy atom. The molecule has 0 saturated heterocycles. The number of hydrogen-bond acceptors (Lipinski definition) is 6. The maximum Gasteiger partial charge on any atom is 0.418 e. The molecule has 0 aromatic heterocycles. The number of benzene rings is 2. The molecule has 0 aliphatic rings. The van der Waals surface area contributed by atoms with E-state index in [0.717, 1.165) is 6.92 Å². The fraction of sp³-hybridized carbons (Fsp3) is 0.348. The van der Waals surface area contributed by atoms with Gasteiger partial charge in [0, 0.05) is 24.5 Å². The minimum Gasteiger partial charge on any atom is -0.507 e. The number of rotatable bonds is 10. The number of carbonyl (C=O) groups is 3. The van der Waals surface area contributed by atoms with Gasteiger partial charge < -0.3 is 25.0 Å². The number of aromatic hydroxyl groups is 1. The maximum atomic E-state index is 13.3. The lowest BCUT2D eigenvalue weighted by Gasteiger charge is -2.17. The molecular formula is C23H20ClF6NO7. The molecule has 2 aromatic carbocycles. The first-order valence-corrected chi connectivity index (χ1v) is 11.0. The van der Waals surface area contributed by atoms with Crippen molar-refractivity contribution in [2.24, 2.45) is 0 Å². The minimum absolute atomic E-state index is 0.0299. The van der Waals surface area contributed by atoms with Gasteiger partial charge in [0.1, 0.15) is 17.2 Å². The Morgan fingerprint density at radius 2 is 1.61 bits per heavy atom. The molecule has 0 spiro atoms. The number of carboxylic acids is 1. The largest absolute Gasteiger partial charge is 0.507 e. The zero-order chi connectivity index (χ0) is 28.8. The molecule has 2 rings (SSSR count). The van der Waals surface area contributed by atoms with Crippen LogP contribution in [0, 0.1) is 0 Å². The fourth-order valence-electron chi connectivity index (χ4n) is 3.15. The van der Waals surface area contributed by atoms with E-state index >= 15 is 0 Å². The summed E-state index contributed by atoms with van der Waals surface area (Å²) in [5.74, 6) is -5.38. The highest BCUT2D eigenvalue weighted by Gasteiger charge is 2.35. The number of aliphatic carboxylic acids is 1. The van der Waals surface area contributed by atoms with Crippen LogP contribution >= 0.6 is 11.6 Å². The maximum absolute atomic E-state index is 13.3. The minimum atomic E-state index is -4.98. The summed E-state index contributed by atoms with van der Waals surface area (Å²) in [5, 5.41) is 20.0. The molecule has 0 aliphatic carbocycles.